The lowest BCUT2D eigenvalue weighted by molar-refractivity contribution is -0.124. The Balaban J connectivity index is 2.51. The summed E-state index contributed by atoms with van der Waals surface area (Å²) >= 11 is 5.18. The van der Waals surface area contributed by atoms with Crippen molar-refractivity contribution < 1.29 is 9.18 Å². The van der Waals surface area contributed by atoms with Crippen LogP contribution in [0, 0.1) is 10.6 Å². The second-order valence-corrected chi connectivity index (χ2v) is 5.16. The number of nitrogens with one attached hydrogen (secondary N) is 2. The molecule has 0 aliphatic heterocycles. The van der Waals surface area contributed by atoms with E-state index in [2.05, 4.69) is 10.3 Å². The zero-order chi connectivity index (χ0) is 14.2. The van der Waals surface area contributed by atoms with Crippen LogP contribution in [0.2, 0.25) is 0 Å². The Morgan fingerprint density at radius 2 is 2.11 bits per heavy atom. The van der Waals surface area contributed by atoms with Crippen LogP contribution in [0.5, 0.6) is 0 Å². The predicted molar refractivity (Wildman–Crippen MR) is 75.1 cm³/mol. The maximum atomic E-state index is 13.7. The zero-order valence-electron chi connectivity index (χ0n) is 11.0. The van der Waals surface area contributed by atoms with Gasteiger partial charge in [-0.25, -0.2) is 4.39 Å². The number of carbonyl (C=O) groups excluding carboxylic acids is 1. The van der Waals surface area contributed by atoms with E-state index in [9.17, 15) is 9.18 Å². The standard InChI is InChI=1S/C13H16FN3OS/c1-7(2)15-12(18)8(3)17-10-6-4-5-9(14)11(10)16-13(17)19/h4-8H,1-3H3,(H,15,18)(H,16,19). The van der Waals surface area contributed by atoms with Crippen molar-refractivity contribution in [1.82, 2.24) is 14.9 Å². The Morgan fingerprint density at radius 3 is 2.74 bits per heavy atom. The van der Waals surface area contributed by atoms with Crippen LogP contribution in [0.1, 0.15) is 26.8 Å². The molecule has 0 saturated heterocycles. The summed E-state index contributed by atoms with van der Waals surface area (Å²) in [6, 6.07) is 4.25. The highest BCUT2D eigenvalue weighted by molar-refractivity contribution is 7.71. The van der Waals surface area contributed by atoms with E-state index in [0.717, 1.165) is 0 Å². The summed E-state index contributed by atoms with van der Waals surface area (Å²) in [5.74, 6) is -0.518. The number of para-hydroxylation sites is 1. The molecule has 2 N–H and O–H groups in total. The lowest BCUT2D eigenvalue weighted by atomic mass is 10.2. The van der Waals surface area contributed by atoms with Gasteiger partial charge in [0.25, 0.3) is 0 Å². The van der Waals surface area contributed by atoms with Crippen LogP contribution in [0.4, 0.5) is 4.39 Å². The van der Waals surface area contributed by atoms with Gasteiger partial charge in [0, 0.05) is 6.04 Å². The molecule has 0 fully saturated rings. The highest BCUT2D eigenvalue weighted by Gasteiger charge is 2.19. The molecule has 2 rings (SSSR count). The van der Waals surface area contributed by atoms with Crippen molar-refractivity contribution in [3.05, 3.63) is 28.8 Å². The summed E-state index contributed by atoms with van der Waals surface area (Å²) in [4.78, 5) is 14.9. The highest BCUT2D eigenvalue weighted by Crippen LogP contribution is 2.21. The minimum absolute atomic E-state index is 0.0473. The van der Waals surface area contributed by atoms with Gasteiger partial charge in [-0.1, -0.05) is 6.07 Å². The molecule has 0 spiro atoms. The Morgan fingerprint density at radius 1 is 1.42 bits per heavy atom. The molecule has 0 radical (unpaired) electrons. The lowest BCUT2D eigenvalue weighted by Gasteiger charge is -2.16. The van der Waals surface area contributed by atoms with Gasteiger partial charge in [0.2, 0.25) is 5.91 Å². The molecular weight excluding hydrogens is 265 g/mol. The normalized spacial score (nSPS) is 12.9. The molecule has 1 aromatic heterocycles. The minimum Gasteiger partial charge on any atom is -0.352 e. The minimum atomic E-state index is -0.495. The van der Waals surface area contributed by atoms with Gasteiger partial charge in [-0.3, -0.25) is 4.79 Å². The van der Waals surface area contributed by atoms with Crippen LogP contribution in [-0.2, 0) is 4.79 Å². The SMILES string of the molecule is CC(C)NC(=O)C(C)n1c(=S)[nH]c2c(F)cccc21. The van der Waals surface area contributed by atoms with Gasteiger partial charge in [-0.15, -0.1) is 0 Å². The molecule has 19 heavy (non-hydrogen) atoms. The number of hydrogen-bond donors (Lipinski definition) is 2. The number of aromatic nitrogens is 2. The maximum Gasteiger partial charge on any atom is 0.243 e. The summed E-state index contributed by atoms with van der Waals surface area (Å²) < 4.78 is 15.6. The molecule has 1 aromatic carbocycles. The van der Waals surface area contributed by atoms with Gasteiger partial charge in [-0.2, -0.15) is 0 Å². The highest BCUT2D eigenvalue weighted by atomic mass is 32.1. The first-order chi connectivity index (χ1) is 8.91. The fraction of sp³-hybridized carbons (Fsp3) is 0.385. The van der Waals surface area contributed by atoms with Gasteiger partial charge < -0.3 is 14.9 Å². The number of carbonyl (C=O) groups is 1. The molecule has 0 bridgehead atoms. The number of hydrogen-bond acceptors (Lipinski definition) is 2. The first kappa shape index (κ1) is 13.7. The molecule has 0 saturated carbocycles. The fourth-order valence-corrected chi connectivity index (χ4v) is 2.38. The number of nitrogens with zero attached hydrogens (tertiary/aromatic N) is 1. The van der Waals surface area contributed by atoms with Gasteiger partial charge in [0.1, 0.15) is 17.4 Å². The number of aromatic amines is 1. The molecule has 1 heterocycles. The maximum absolute atomic E-state index is 13.7. The summed E-state index contributed by atoms with van der Waals surface area (Å²) in [6.07, 6.45) is 0. The van der Waals surface area contributed by atoms with Crippen LogP contribution < -0.4 is 5.32 Å². The van der Waals surface area contributed by atoms with Crippen molar-refractivity contribution in [1.29, 1.82) is 0 Å². The van der Waals surface area contributed by atoms with E-state index >= 15 is 0 Å². The molecule has 4 nitrogen and oxygen atoms in total. The number of halogens is 1. The predicted octanol–water partition coefficient (Wildman–Crippen LogP) is 2.92. The van der Waals surface area contributed by atoms with Crippen molar-refractivity contribution in [2.45, 2.75) is 32.9 Å². The van der Waals surface area contributed by atoms with Crippen LogP contribution in [0.3, 0.4) is 0 Å². The summed E-state index contributed by atoms with van der Waals surface area (Å²) in [5, 5.41) is 2.82. The molecule has 0 aliphatic rings. The van der Waals surface area contributed by atoms with Crippen molar-refractivity contribution in [2.24, 2.45) is 0 Å². The number of imidazole rings is 1. The second-order valence-electron chi connectivity index (χ2n) is 4.77. The Hall–Kier alpha value is -1.69. The largest absolute Gasteiger partial charge is 0.352 e. The van der Waals surface area contributed by atoms with Crippen LogP contribution in [0.25, 0.3) is 11.0 Å². The molecule has 1 unspecified atom stereocenters. The number of H-pyrrole nitrogens is 1. The van der Waals surface area contributed by atoms with E-state index in [0.29, 0.717) is 15.8 Å². The summed E-state index contributed by atoms with van der Waals surface area (Å²) in [7, 11) is 0. The second kappa shape index (κ2) is 5.13. The third-order valence-electron chi connectivity index (χ3n) is 2.90. The molecule has 1 amide bonds. The Kier molecular flexibility index (Phi) is 3.71. The zero-order valence-corrected chi connectivity index (χ0v) is 11.8. The molecule has 1 atom stereocenters. The topological polar surface area (TPSA) is 49.8 Å². The van der Waals surface area contributed by atoms with Crippen molar-refractivity contribution >= 4 is 29.2 Å². The van der Waals surface area contributed by atoms with Gasteiger partial charge in [0.15, 0.2) is 4.77 Å². The van der Waals surface area contributed by atoms with Crippen molar-refractivity contribution in [2.75, 3.05) is 0 Å². The number of fused-ring (bicyclic) bond motifs is 1. The van der Waals surface area contributed by atoms with E-state index in [1.807, 2.05) is 13.8 Å². The average molecular weight is 281 g/mol. The average Bonchev–Trinajstić information content (AvgIpc) is 2.65. The van der Waals surface area contributed by atoms with E-state index in [4.69, 9.17) is 12.2 Å². The Bertz CT molecular complexity index is 674. The first-order valence-corrected chi connectivity index (χ1v) is 6.51. The van der Waals surface area contributed by atoms with Crippen LogP contribution >= 0.6 is 12.2 Å². The van der Waals surface area contributed by atoms with Crippen molar-refractivity contribution in [3.63, 3.8) is 0 Å². The van der Waals surface area contributed by atoms with Crippen molar-refractivity contribution in [3.8, 4) is 0 Å². The monoisotopic (exact) mass is 281 g/mol. The van der Waals surface area contributed by atoms with Crippen LogP contribution in [0.15, 0.2) is 18.2 Å². The van der Waals surface area contributed by atoms with E-state index in [-0.39, 0.29) is 17.8 Å². The number of amides is 1. The van der Waals surface area contributed by atoms with Crippen LogP contribution in [-0.4, -0.2) is 21.5 Å². The smallest absolute Gasteiger partial charge is 0.243 e. The van der Waals surface area contributed by atoms with Gasteiger partial charge in [-0.05, 0) is 45.1 Å². The van der Waals surface area contributed by atoms with E-state index in [1.54, 1.807) is 23.6 Å². The first-order valence-electron chi connectivity index (χ1n) is 6.11. The molecule has 102 valence electrons. The fourth-order valence-electron chi connectivity index (χ4n) is 2.02. The quantitative estimate of drug-likeness (QED) is 0.850. The Labute approximate surface area is 115 Å². The number of benzene rings is 1. The molecule has 6 heteroatoms. The summed E-state index contributed by atoms with van der Waals surface area (Å²) in [5.41, 5.74) is 0.924. The summed E-state index contributed by atoms with van der Waals surface area (Å²) in [6.45, 7) is 5.52. The number of rotatable bonds is 3. The van der Waals surface area contributed by atoms with E-state index in [1.165, 1.54) is 6.07 Å². The lowest BCUT2D eigenvalue weighted by Crippen LogP contribution is -2.35. The molecular formula is C13H16FN3OS. The van der Waals surface area contributed by atoms with Gasteiger partial charge >= 0.3 is 0 Å². The third kappa shape index (κ3) is 2.53. The molecule has 2 aromatic rings. The van der Waals surface area contributed by atoms with Gasteiger partial charge in [0.05, 0.1) is 5.52 Å². The molecule has 0 aliphatic carbocycles. The third-order valence-corrected chi connectivity index (χ3v) is 3.20. The van der Waals surface area contributed by atoms with E-state index < -0.39 is 6.04 Å².